The number of hydrazone groups is 1. The number of rotatable bonds is 2. The summed E-state index contributed by atoms with van der Waals surface area (Å²) in [6.07, 6.45) is 1.38. The van der Waals surface area contributed by atoms with E-state index in [4.69, 9.17) is 0 Å². The molecule has 0 aromatic heterocycles. The van der Waals surface area contributed by atoms with Gasteiger partial charge in [-0.15, -0.1) is 0 Å². The molecule has 1 aliphatic carbocycles. The van der Waals surface area contributed by atoms with Crippen molar-refractivity contribution in [3.63, 3.8) is 0 Å². The van der Waals surface area contributed by atoms with Gasteiger partial charge in [-0.3, -0.25) is 0 Å². The summed E-state index contributed by atoms with van der Waals surface area (Å²) in [6.45, 7) is 5.59. The van der Waals surface area contributed by atoms with Gasteiger partial charge in [0.05, 0.1) is 0 Å². The first-order valence-electron chi connectivity index (χ1n) is 5.18. The van der Waals surface area contributed by atoms with E-state index < -0.39 is 0 Å². The average molecular weight is 181 g/mol. The highest BCUT2D eigenvalue weighted by Gasteiger charge is 2.42. The lowest BCUT2D eigenvalue weighted by atomic mass is 9.69. The lowest BCUT2D eigenvalue weighted by molar-refractivity contribution is 0.163. The zero-order valence-electron chi connectivity index (χ0n) is 8.82. The van der Waals surface area contributed by atoms with Crippen LogP contribution in [0.2, 0.25) is 0 Å². The molecule has 2 saturated heterocycles. The van der Waals surface area contributed by atoms with Crippen molar-refractivity contribution in [3.05, 3.63) is 0 Å². The Morgan fingerprint density at radius 2 is 2.08 bits per heavy atom. The van der Waals surface area contributed by atoms with Crippen LogP contribution in [0.15, 0.2) is 5.10 Å². The van der Waals surface area contributed by atoms with Crippen LogP contribution in [0.4, 0.5) is 0 Å². The summed E-state index contributed by atoms with van der Waals surface area (Å²) in [6, 6.07) is 0. The lowest BCUT2D eigenvalue weighted by Gasteiger charge is -2.47. The Morgan fingerprint density at radius 1 is 1.46 bits per heavy atom. The maximum absolute atomic E-state index is 4.64. The third kappa shape index (κ3) is 1.57. The molecular weight excluding hydrogens is 162 g/mol. The molecule has 3 aliphatic rings. The van der Waals surface area contributed by atoms with Gasteiger partial charge >= 0.3 is 0 Å². The molecule has 2 heterocycles. The summed E-state index contributed by atoms with van der Waals surface area (Å²) >= 11 is 0. The maximum Gasteiger partial charge on any atom is 0.0468 e. The number of nitrogens with zero attached hydrogens (tertiary/aromatic N) is 3. The Morgan fingerprint density at radius 3 is 2.62 bits per heavy atom. The van der Waals surface area contributed by atoms with Crippen LogP contribution in [0.1, 0.15) is 13.3 Å². The van der Waals surface area contributed by atoms with E-state index >= 15 is 0 Å². The highest BCUT2D eigenvalue weighted by Crippen LogP contribution is 2.36. The Kier molecular flexibility index (Phi) is 2.28. The largest absolute Gasteiger partial charge is 0.305 e. The zero-order chi connectivity index (χ0) is 9.42. The van der Waals surface area contributed by atoms with E-state index in [2.05, 4.69) is 36.0 Å². The Balaban J connectivity index is 2.00. The topological polar surface area (TPSA) is 18.8 Å². The molecule has 3 fully saturated rings. The van der Waals surface area contributed by atoms with E-state index in [1.807, 2.05) is 0 Å². The van der Waals surface area contributed by atoms with Gasteiger partial charge in [-0.2, -0.15) is 5.10 Å². The summed E-state index contributed by atoms with van der Waals surface area (Å²) in [7, 11) is 4.27. The first kappa shape index (κ1) is 9.00. The van der Waals surface area contributed by atoms with Crippen LogP contribution in [0.3, 0.4) is 0 Å². The summed E-state index contributed by atoms with van der Waals surface area (Å²) in [4.78, 5) is 2.42. The Bertz CT molecular complexity index is 210. The van der Waals surface area contributed by atoms with Gasteiger partial charge in [-0.05, 0) is 20.4 Å². The zero-order valence-corrected chi connectivity index (χ0v) is 8.82. The minimum Gasteiger partial charge on any atom is -0.305 e. The normalized spacial score (nSPS) is 32.7. The van der Waals surface area contributed by atoms with Crippen molar-refractivity contribution in [2.45, 2.75) is 13.3 Å². The quantitative estimate of drug-likeness (QED) is 0.589. The SMILES string of the molecule is CCN(C)N=C1C2CC1CN(C)C2. The van der Waals surface area contributed by atoms with Gasteiger partial charge < -0.3 is 9.91 Å². The summed E-state index contributed by atoms with van der Waals surface area (Å²) in [5, 5.41) is 6.70. The third-order valence-corrected chi connectivity index (χ3v) is 3.21. The molecule has 0 aromatic carbocycles. The van der Waals surface area contributed by atoms with Crippen molar-refractivity contribution in [1.82, 2.24) is 9.91 Å². The predicted octanol–water partition coefficient (Wildman–Crippen LogP) is 0.876. The molecule has 0 N–H and O–H groups in total. The van der Waals surface area contributed by atoms with Crippen LogP contribution in [0.5, 0.6) is 0 Å². The van der Waals surface area contributed by atoms with Crippen molar-refractivity contribution in [1.29, 1.82) is 0 Å². The minimum atomic E-state index is 0.762. The molecule has 2 unspecified atom stereocenters. The van der Waals surface area contributed by atoms with E-state index in [0.29, 0.717) is 0 Å². The van der Waals surface area contributed by atoms with Gasteiger partial charge in [0.25, 0.3) is 0 Å². The molecule has 0 spiro atoms. The van der Waals surface area contributed by atoms with Gasteiger partial charge in [0.1, 0.15) is 0 Å². The van der Waals surface area contributed by atoms with E-state index in [1.165, 1.54) is 25.2 Å². The summed E-state index contributed by atoms with van der Waals surface area (Å²) in [5.41, 5.74) is 1.46. The number of hydrogen-bond acceptors (Lipinski definition) is 3. The predicted molar refractivity (Wildman–Crippen MR) is 54.8 cm³/mol. The van der Waals surface area contributed by atoms with Crippen LogP contribution in [-0.2, 0) is 0 Å². The third-order valence-electron chi connectivity index (χ3n) is 3.21. The molecule has 74 valence electrons. The summed E-state index contributed by atoms with van der Waals surface area (Å²) in [5.74, 6) is 1.52. The van der Waals surface area contributed by atoms with Gasteiger partial charge in [0.15, 0.2) is 0 Å². The Labute approximate surface area is 80.4 Å². The van der Waals surface area contributed by atoms with Crippen LogP contribution in [0, 0.1) is 11.8 Å². The van der Waals surface area contributed by atoms with Crippen molar-refractivity contribution in [3.8, 4) is 0 Å². The smallest absolute Gasteiger partial charge is 0.0468 e. The molecule has 1 saturated carbocycles. The van der Waals surface area contributed by atoms with E-state index in [1.54, 1.807) is 0 Å². The van der Waals surface area contributed by atoms with Crippen LogP contribution in [-0.4, -0.2) is 49.4 Å². The molecular formula is C10H19N3. The molecule has 3 heteroatoms. The minimum absolute atomic E-state index is 0.762. The van der Waals surface area contributed by atoms with Crippen LogP contribution in [0.25, 0.3) is 0 Å². The van der Waals surface area contributed by atoms with E-state index in [0.717, 1.165) is 18.4 Å². The fourth-order valence-electron chi connectivity index (χ4n) is 2.35. The van der Waals surface area contributed by atoms with Gasteiger partial charge in [-0.1, -0.05) is 0 Å². The van der Waals surface area contributed by atoms with Crippen LogP contribution >= 0.6 is 0 Å². The standard InChI is InChI=1S/C10H19N3/c1-4-13(3)11-10-8-5-9(10)7-12(2)6-8/h8-9H,4-7H2,1-3H3. The highest BCUT2D eigenvalue weighted by molar-refractivity contribution is 5.95. The molecule has 2 aliphatic heterocycles. The van der Waals surface area contributed by atoms with Gasteiger partial charge in [-0.25, -0.2) is 0 Å². The molecule has 3 nitrogen and oxygen atoms in total. The fraction of sp³-hybridized carbons (Fsp3) is 0.900. The van der Waals surface area contributed by atoms with Crippen molar-refractivity contribution in [2.24, 2.45) is 16.9 Å². The van der Waals surface area contributed by atoms with Crippen molar-refractivity contribution < 1.29 is 0 Å². The Hall–Kier alpha value is -0.570. The van der Waals surface area contributed by atoms with Crippen molar-refractivity contribution in [2.75, 3.05) is 33.7 Å². The molecule has 0 amide bonds. The molecule has 2 atom stereocenters. The van der Waals surface area contributed by atoms with E-state index in [-0.39, 0.29) is 0 Å². The molecule has 0 aromatic rings. The molecule has 13 heavy (non-hydrogen) atoms. The number of hydrogen-bond donors (Lipinski definition) is 0. The van der Waals surface area contributed by atoms with Crippen molar-refractivity contribution >= 4 is 5.71 Å². The van der Waals surface area contributed by atoms with Gasteiger partial charge in [0, 0.05) is 44.2 Å². The monoisotopic (exact) mass is 181 g/mol. The maximum atomic E-state index is 4.64. The number of piperidine rings is 2. The second-order valence-corrected chi connectivity index (χ2v) is 4.35. The molecule has 2 bridgehead atoms. The van der Waals surface area contributed by atoms with E-state index in [9.17, 15) is 0 Å². The first-order chi connectivity index (χ1) is 6.20. The first-order valence-corrected chi connectivity index (χ1v) is 5.18. The number of fused-ring (bicyclic) bond motifs is 2. The highest BCUT2D eigenvalue weighted by atomic mass is 15.4. The second kappa shape index (κ2) is 3.29. The molecule has 3 rings (SSSR count). The fourth-order valence-corrected chi connectivity index (χ4v) is 2.35. The average Bonchev–Trinajstić information content (AvgIpc) is 2.13. The van der Waals surface area contributed by atoms with Crippen LogP contribution < -0.4 is 0 Å². The van der Waals surface area contributed by atoms with Gasteiger partial charge in [0.2, 0.25) is 0 Å². The lowest BCUT2D eigenvalue weighted by Crippen LogP contribution is -2.55. The summed E-state index contributed by atoms with van der Waals surface area (Å²) < 4.78 is 0. The second-order valence-electron chi connectivity index (χ2n) is 4.35. The molecule has 0 radical (unpaired) electrons.